The van der Waals surface area contributed by atoms with Gasteiger partial charge in [0.2, 0.25) is 5.91 Å². The summed E-state index contributed by atoms with van der Waals surface area (Å²) in [5.74, 6) is 1.96. The molecule has 184 valence electrons. The summed E-state index contributed by atoms with van der Waals surface area (Å²) in [6.07, 6.45) is 0.889. The third-order valence-electron chi connectivity index (χ3n) is 5.66. The standard InChI is InChI=1S/C27H36N2O5/c1-7-32-22-12-9-19(15-24(22)33-8-2)25(30)28-20-10-11-21-23(16-20)34-17-27(5,6)26(31)29(21)14-13-18(3)4/h9-12,15-16,18H,7-8,13-14,17H2,1-6H3,(H,28,30). The van der Waals surface area contributed by atoms with Crippen LogP contribution in [0.3, 0.4) is 0 Å². The lowest BCUT2D eigenvalue weighted by Gasteiger charge is -2.28. The summed E-state index contributed by atoms with van der Waals surface area (Å²) in [5, 5.41) is 2.93. The van der Waals surface area contributed by atoms with Crippen molar-refractivity contribution in [2.75, 3.05) is 36.6 Å². The highest BCUT2D eigenvalue weighted by atomic mass is 16.5. The number of rotatable bonds is 9. The van der Waals surface area contributed by atoms with E-state index in [1.807, 2.05) is 38.7 Å². The van der Waals surface area contributed by atoms with Crippen molar-refractivity contribution in [3.05, 3.63) is 42.0 Å². The highest BCUT2D eigenvalue weighted by Gasteiger charge is 2.37. The Hall–Kier alpha value is -3.22. The highest BCUT2D eigenvalue weighted by molar-refractivity contribution is 6.05. The number of ether oxygens (including phenoxy) is 3. The predicted molar refractivity (Wildman–Crippen MR) is 134 cm³/mol. The van der Waals surface area contributed by atoms with Gasteiger partial charge >= 0.3 is 0 Å². The normalized spacial score (nSPS) is 14.8. The second-order valence-electron chi connectivity index (χ2n) is 9.48. The molecule has 34 heavy (non-hydrogen) atoms. The third kappa shape index (κ3) is 5.82. The molecule has 3 rings (SSSR count). The molecule has 0 saturated carbocycles. The molecule has 0 saturated heterocycles. The summed E-state index contributed by atoms with van der Waals surface area (Å²) in [6.45, 7) is 13.7. The van der Waals surface area contributed by atoms with E-state index in [2.05, 4.69) is 19.2 Å². The van der Waals surface area contributed by atoms with Crippen LogP contribution in [0.4, 0.5) is 11.4 Å². The van der Waals surface area contributed by atoms with Gasteiger partial charge in [-0.1, -0.05) is 13.8 Å². The summed E-state index contributed by atoms with van der Waals surface area (Å²) in [6, 6.07) is 10.5. The number of nitrogens with zero attached hydrogens (tertiary/aromatic N) is 1. The molecule has 0 aliphatic carbocycles. The molecule has 1 heterocycles. The van der Waals surface area contributed by atoms with Gasteiger partial charge in [0.25, 0.3) is 5.91 Å². The summed E-state index contributed by atoms with van der Waals surface area (Å²) in [7, 11) is 0. The quantitative estimate of drug-likeness (QED) is 0.523. The van der Waals surface area contributed by atoms with E-state index in [9.17, 15) is 9.59 Å². The molecule has 0 radical (unpaired) electrons. The van der Waals surface area contributed by atoms with Crippen LogP contribution >= 0.6 is 0 Å². The molecule has 2 aromatic rings. The Kier molecular flexibility index (Phi) is 8.07. The molecule has 0 aromatic heterocycles. The van der Waals surface area contributed by atoms with Gasteiger partial charge in [0.05, 0.1) is 24.3 Å². The first kappa shape index (κ1) is 25.4. The van der Waals surface area contributed by atoms with Crippen molar-refractivity contribution in [1.82, 2.24) is 0 Å². The molecule has 7 heteroatoms. The van der Waals surface area contributed by atoms with Gasteiger partial charge in [0.1, 0.15) is 12.4 Å². The van der Waals surface area contributed by atoms with Gasteiger partial charge in [0, 0.05) is 23.9 Å². The molecule has 7 nitrogen and oxygen atoms in total. The van der Waals surface area contributed by atoms with Crippen molar-refractivity contribution in [3.8, 4) is 17.2 Å². The molecule has 2 amide bonds. The highest BCUT2D eigenvalue weighted by Crippen LogP contribution is 2.38. The Labute approximate surface area is 202 Å². The first-order chi connectivity index (χ1) is 16.2. The molecule has 2 aromatic carbocycles. The number of hydrogen-bond acceptors (Lipinski definition) is 5. The lowest BCUT2D eigenvalue weighted by molar-refractivity contribution is -0.127. The maximum atomic E-state index is 13.2. The van der Waals surface area contributed by atoms with Crippen LogP contribution in [0.25, 0.3) is 0 Å². The maximum Gasteiger partial charge on any atom is 0.255 e. The molecular weight excluding hydrogens is 432 g/mol. The van der Waals surface area contributed by atoms with Crippen molar-refractivity contribution in [3.63, 3.8) is 0 Å². The average molecular weight is 469 g/mol. The first-order valence-corrected chi connectivity index (χ1v) is 12.0. The molecule has 0 atom stereocenters. The fourth-order valence-electron chi connectivity index (χ4n) is 3.73. The van der Waals surface area contributed by atoms with Gasteiger partial charge in [0.15, 0.2) is 11.5 Å². The van der Waals surface area contributed by atoms with Gasteiger partial charge in [-0.15, -0.1) is 0 Å². The number of anilines is 2. The largest absolute Gasteiger partial charge is 0.490 e. The second kappa shape index (κ2) is 10.8. The minimum atomic E-state index is -0.641. The maximum absolute atomic E-state index is 13.2. The second-order valence-corrected chi connectivity index (χ2v) is 9.48. The molecule has 0 bridgehead atoms. The van der Waals surface area contributed by atoms with Crippen LogP contribution in [0.15, 0.2) is 36.4 Å². The van der Waals surface area contributed by atoms with Crippen LogP contribution in [0.5, 0.6) is 17.2 Å². The van der Waals surface area contributed by atoms with Crippen LogP contribution < -0.4 is 24.4 Å². The van der Waals surface area contributed by atoms with E-state index in [1.165, 1.54) is 0 Å². The number of amides is 2. The Morgan fingerprint density at radius 3 is 2.47 bits per heavy atom. The van der Waals surface area contributed by atoms with Crippen molar-refractivity contribution in [2.45, 2.75) is 48.0 Å². The van der Waals surface area contributed by atoms with Gasteiger partial charge < -0.3 is 24.4 Å². The lowest BCUT2D eigenvalue weighted by atomic mass is 9.92. The molecule has 1 aliphatic heterocycles. The van der Waals surface area contributed by atoms with Crippen molar-refractivity contribution < 1.29 is 23.8 Å². The van der Waals surface area contributed by atoms with E-state index >= 15 is 0 Å². The van der Waals surface area contributed by atoms with Crippen molar-refractivity contribution >= 4 is 23.2 Å². The van der Waals surface area contributed by atoms with Crippen molar-refractivity contribution in [1.29, 1.82) is 0 Å². The zero-order chi connectivity index (χ0) is 24.9. The number of nitrogens with one attached hydrogen (secondary N) is 1. The van der Waals surface area contributed by atoms with Gasteiger partial charge in [-0.3, -0.25) is 9.59 Å². The van der Waals surface area contributed by atoms with E-state index < -0.39 is 5.41 Å². The fourth-order valence-corrected chi connectivity index (χ4v) is 3.73. The van der Waals surface area contributed by atoms with E-state index in [0.29, 0.717) is 54.2 Å². The van der Waals surface area contributed by atoms with E-state index in [1.54, 1.807) is 30.3 Å². The van der Waals surface area contributed by atoms with Gasteiger partial charge in [-0.2, -0.15) is 0 Å². The van der Waals surface area contributed by atoms with E-state index in [0.717, 1.165) is 12.1 Å². The molecule has 1 N–H and O–H groups in total. The number of hydrogen-bond donors (Lipinski definition) is 1. The third-order valence-corrected chi connectivity index (χ3v) is 5.66. The Morgan fingerprint density at radius 1 is 1.09 bits per heavy atom. The number of fused-ring (bicyclic) bond motifs is 1. The smallest absolute Gasteiger partial charge is 0.255 e. The van der Waals surface area contributed by atoms with Crippen molar-refractivity contribution in [2.24, 2.45) is 11.3 Å². The van der Waals surface area contributed by atoms with Crippen LogP contribution in [0.2, 0.25) is 0 Å². The number of carbonyl (C=O) groups is 2. The lowest BCUT2D eigenvalue weighted by Crippen LogP contribution is -2.42. The average Bonchev–Trinajstić information content (AvgIpc) is 2.88. The zero-order valence-corrected chi connectivity index (χ0v) is 21.1. The summed E-state index contributed by atoms with van der Waals surface area (Å²) in [4.78, 5) is 28.0. The first-order valence-electron chi connectivity index (χ1n) is 12.0. The van der Waals surface area contributed by atoms with Gasteiger partial charge in [-0.25, -0.2) is 0 Å². The van der Waals surface area contributed by atoms with Crippen LogP contribution in [0, 0.1) is 11.3 Å². The van der Waals surface area contributed by atoms with Crippen LogP contribution in [-0.2, 0) is 4.79 Å². The topological polar surface area (TPSA) is 77.1 Å². The summed E-state index contributed by atoms with van der Waals surface area (Å²) in [5.41, 5.74) is 1.13. The fraction of sp³-hybridized carbons (Fsp3) is 0.481. The Morgan fingerprint density at radius 2 is 1.79 bits per heavy atom. The van der Waals surface area contributed by atoms with Crippen LogP contribution in [-0.4, -0.2) is 38.2 Å². The van der Waals surface area contributed by atoms with E-state index in [-0.39, 0.29) is 18.4 Å². The van der Waals surface area contributed by atoms with Crippen LogP contribution in [0.1, 0.15) is 58.3 Å². The molecular formula is C27H36N2O5. The Balaban J connectivity index is 1.85. The number of benzene rings is 2. The Bertz CT molecular complexity index is 1030. The minimum Gasteiger partial charge on any atom is -0.490 e. The summed E-state index contributed by atoms with van der Waals surface area (Å²) < 4.78 is 17.3. The minimum absolute atomic E-state index is 0.0431. The monoisotopic (exact) mass is 468 g/mol. The number of carbonyl (C=O) groups excluding carboxylic acids is 2. The predicted octanol–water partition coefficient (Wildman–Crippen LogP) is 5.53. The molecule has 0 fully saturated rings. The zero-order valence-electron chi connectivity index (χ0n) is 21.1. The SMILES string of the molecule is CCOc1ccc(C(=O)Nc2ccc3c(c2)OCC(C)(C)C(=O)N3CCC(C)C)cc1OCC. The molecule has 1 aliphatic rings. The molecule has 0 spiro atoms. The molecule has 0 unspecified atom stereocenters. The summed E-state index contributed by atoms with van der Waals surface area (Å²) >= 11 is 0. The van der Waals surface area contributed by atoms with E-state index in [4.69, 9.17) is 14.2 Å². The van der Waals surface area contributed by atoms with Gasteiger partial charge in [-0.05, 0) is 70.4 Å².